The van der Waals surface area contributed by atoms with E-state index in [0.717, 1.165) is 6.42 Å². The van der Waals surface area contributed by atoms with Crippen LogP contribution in [0.5, 0.6) is 0 Å². The number of nitrogens with one attached hydrogen (secondary N) is 3. The molecule has 1 unspecified atom stereocenters. The summed E-state index contributed by atoms with van der Waals surface area (Å²) in [6.07, 6.45) is 2.86. The van der Waals surface area contributed by atoms with Gasteiger partial charge in [0, 0.05) is 6.54 Å². The highest BCUT2D eigenvalue weighted by Crippen LogP contribution is 2.13. The molecule has 1 saturated heterocycles. The molecule has 1 aliphatic rings. The Hall–Kier alpha value is -2.05. The number of nitrogens with two attached hydrogens (primary N) is 1. The molecular formula is C9H13N5O2. The number of amides is 1. The molecule has 1 fully saturated rings. The van der Waals surface area contributed by atoms with Crippen LogP contribution in [0.4, 0.5) is 11.5 Å². The summed E-state index contributed by atoms with van der Waals surface area (Å²) in [7, 11) is 0. The van der Waals surface area contributed by atoms with Crippen LogP contribution in [0.2, 0.25) is 0 Å². The monoisotopic (exact) mass is 223 g/mol. The zero-order chi connectivity index (χ0) is 11.5. The number of nitrogens with zero attached hydrogens (tertiary/aromatic N) is 1. The molecule has 1 aromatic heterocycles. The average Bonchev–Trinajstić information content (AvgIpc) is 2.28. The summed E-state index contributed by atoms with van der Waals surface area (Å²) in [5, 5.41) is 5.60. The van der Waals surface area contributed by atoms with Crippen LogP contribution in [0.3, 0.4) is 0 Å². The number of aromatic amines is 1. The molecule has 0 saturated carbocycles. The summed E-state index contributed by atoms with van der Waals surface area (Å²) >= 11 is 0. The van der Waals surface area contributed by atoms with Crippen LogP contribution in [0, 0.1) is 0 Å². The number of hydrogen-bond donors (Lipinski definition) is 4. The second-order valence-corrected chi connectivity index (χ2v) is 3.62. The molecule has 1 atom stereocenters. The van der Waals surface area contributed by atoms with Crippen molar-refractivity contribution in [2.24, 2.45) is 0 Å². The van der Waals surface area contributed by atoms with Crippen LogP contribution in [0.25, 0.3) is 0 Å². The minimum absolute atomic E-state index is 0.000809. The minimum atomic E-state index is -0.409. The minimum Gasteiger partial charge on any atom is -0.391 e. The highest BCUT2D eigenvalue weighted by molar-refractivity contribution is 5.85. The largest absolute Gasteiger partial charge is 0.391 e. The number of anilines is 2. The Bertz CT molecular complexity index is 455. The zero-order valence-corrected chi connectivity index (χ0v) is 8.62. The van der Waals surface area contributed by atoms with Gasteiger partial charge in [0.1, 0.15) is 11.7 Å². The molecule has 7 heteroatoms. The Kier molecular flexibility index (Phi) is 2.76. The Balaban J connectivity index is 2.17. The van der Waals surface area contributed by atoms with Crippen LogP contribution < -0.4 is 21.9 Å². The number of carbonyl (C=O) groups is 1. The van der Waals surface area contributed by atoms with Gasteiger partial charge in [0.05, 0.1) is 6.33 Å². The molecule has 5 N–H and O–H groups in total. The number of rotatable bonds is 2. The molecule has 0 bridgehead atoms. The van der Waals surface area contributed by atoms with E-state index in [9.17, 15) is 9.59 Å². The van der Waals surface area contributed by atoms with Gasteiger partial charge in [-0.25, -0.2) is 4.98 Å². The molecule has 1 aliphatic heterocycles. The van der Waals surface area contributed by atoms with Crippen molar-refractivity contribution in [1.29, 1.82) is 0 Å². The lowest BCUT2D eigenvalue weighted by molar-refractivity contribution is -0.123. The third-order valence-corrected chi connectivity index (χ3v) is 2.49. The highest BCUT2D eigenvalue weighted by atomic mass is 16.2. The summed E-state index contributed by atoms with van der Waals surface area (Å²) in [5.74, 6) is 0.165. The van der Waals surface area contributed by atoms with Crippen LogP contribution in [0.1, 0.15) is 12.8 Å². The molecule has 0 aromatic carbocycles. The van der Waals surface area contributed by atoms with Gasteiger partial charge in [-0.2, -0.15) is 0 Å². The predicted octanol–water partition coefficient (Wildman–Crippen LogP) is -0.957. The van der Waals surface area contributed by atoms with E-state index < -0.39 is 5.56 Å². The Morgan fingerprint density at radius 1 is 1.50 bits per heavy atom. The predicted molar refractivity (Wildman–Crippen MR) is 58.9 cm³/mol. The summed E-state index contributed by atoms with van der Waals surface area (Å²) in [4.78, 5) is 28.9. The smallest absolute Gasteiger partial charge is 0.276 e. The highest BCUT2D eigenvalue weighted by Gasteiger charge is 2.22. The van der Waals surface area contributed by atoms with Gasteiger partial charge >= 0.3 is 0 Å². The standard InChI is InChI=1S/C9H13N5O2/c10-6-7(12-4-13-9(6)16)14-5-2-1-3-11-8(5)15/h4-5H,1-3,10H2,(H,11,15)(H2,12,13,14,16). The van der Waals surface area contributed by atoms with Crippen molar-refractivity contribution in [3.05, 3.63) is 16.7 Å². The lowest BCUT2D eigenvalue weighted by Crippen LogP contribution is -2.44. The van der Waals surface area contributed by atoms with Crippen LogP contribution in [-0.4, -0.2) is 28.5 Å². The molecule has 2 heterocycles. The fraction of sp³-hybridized carbons (Fsp3) is 0.444. The van der Waals surface area contributed by atoms with E-state index in [4.69, 9.17) is 5.73 Å². The number of aromatic nitrogens is 2. The Labute approximate surface area is 91.5 Å². The lowest BCUT2D eigenvalue weighted by Gasteiger charge is -2.23. The first-order valence-corrected chi connectivity index (χ1v) is 5.06. The third kappa shape index (κ3) is 1.97. The van der Waals surface area contributed by atoms with E-state index in [1.54, 1.807) is 0 Å². The molecule has 1 amide bonds. The van der Waals surface area contributed by atoms with Gasteiger partial charge in [0.2, 0.25) is 5.91 Å². The van der Waals surface area contributed by atoms with Crippen molar-refractivity contribution < 1.29 is 4.79 Å². The second kappa shape index (κ2) is 4.21. The molecule has 0 aliphatic carbocycles. The van der Waals surface area contributed by atoms with Gasteiger partial charge < -0.3 is 21.4 Å². The summed E-state index contributed by atoms with van der Waals surface area (Å²) < 4.78 is 0. The van der Waals surface area contributed by atoms with E-state index >= 15 is 0 Å². The van der Waals surface area contributed by atoms with Crippen LogP contribution >= 0.6 is 0 Å². The maximum atomic E-state index is 11.5. The van der Waals surface area contributed by atoms with Gasteiger partial charge in [0.15, 0.2) is 5.82 Å². The van der Waals surface area contributed by atoms with E-state index in [0.29, 0.717) is 13.0 Å². The van der Waals surface area contributed by atoms with Crippen molar-refractivity contribution in [3.8, 4) is 0 Å². The summed E-state index contributed by atoms with van der Waals surface area (Å²) in [5.41, 5.74) is 5.14. The number of nitrogen functional groups attached to an aromatic ring is 1. The van der Waals surface area contributed by atoms with E-state index in [1.165, 1.54) is 6.33 Å². The molecule has 7 nitrogen and oxygen atoms in total. The van der Waals surface area contributed by atoms with E-state index in [2.05, 4.69) is 20.6 Å². The second-order valence-electron chi connectivity index (χ2n) is 3.62. The number of piperidine rings is 1. The lowest BCUT2D eigenvalue weighted by atomic mass is 10.1. The molecule has 86 valence electrons. The average molecular weight is 223 g/mol. The fourth-order valence-electron chi connectivity index (χ4n) is 1.60. The summed E-state index contributed by atoms with van der Waals surface area (Å²) in [6, 6.07) is -0.370. The zero-order valence-electron chi connectivity index (χ0n) is 8.62. The van der Waals surface area contributed by atoms with E-state index in [-0.39, 0.29) is 23.5 Å². The normalized spacial score (nSPS) is 20.2. The molecule has 0 radical (unpaired) electrons. The van der Waals surface area contributed by atoms with E-state index in [1.807, 2.05) is 0 Å². The first-order valence-electron chi connectivity index (χ1n) is 5.06. The quantitative estimate of drug-likeness (QED) is 0.516. The SMILES string of the molecule is Nc1c(NC2CCCNC2=O)nc[nH]c1=O. The molecule has 16 heavy (non-hydrogen) atoms. The molecule has 2 rings (SSSR count). The van der Waals surface area contributed by atoms with Gasteiger partial charge in [-0.15, -0.1) is 0 Å². The molecular weight excluding hydrogens is 210 g/mol. The maximum absolute atomic E-state index is 11.5. The first-order chi connectivity index (χ1) is 7.68. The maximum Gasteiger partial charge on any atom is 0.276 e. The Morgan fingerprint density at radius 2 is 2.31 bits per heavy atom. The van der Waals surface area contributed by atoms with Crippen molar-refractivity contribution in [2.45, 2.75) is 18.9 Å². The molecule has 1 aromatic rings. The van der Waals surface area contributed by atoms with Crippen molar-refractivity contribution in [1.82, 2.24) is 15.3 Å². The fourth-order valence-corrected chi connectivity index (χ4v) is 1.60. The summed E-state index contributed by atoms with van der Waals surface area (Å²) in [6.45, 7) is 0.690. The van der Waals surface area contributed by atoms with Crippen molar-refractivity contribution >= 4 is 17.4 Å². The van der Waals surface area contributed by atoms with Crippen molar-refractivity contribution in [3.63, 3.8) is 0 Å². The van der Waals surface area contributed by atoms with Gasteiger partial charge in [-0.1, -0.05) is 0 Å². The number of H-pyrrole nitrogens is 1. The Morgan fingerprint density at radius 3 is 3.06 bits per heavy atom. The van der Waals surface area contributed by atoms with Crippen LogP contribution in [0.15, 0.2) is 11.1 Å². The third-order valence-electron chi connectivity index (χ3n) is 2.49. The van der Waals surface area contributed by atoms with Gasteiger partial charge in [-0.3, -0.25) is 9.59 Å². The van der Waals surface area contributed by atoms with Gasteiger partial charge in [0.25, 0.3) is 5.56 Å². The molecule has 0 spiro atoms. The first kappa shape index (κ1) is 10.5. The van der Waals surface area contributed by atoms with Crippen molar-refractivity contribution in [2.75, 3.05) is 17.6 Å². The number of hydrogen-bond acceptors (Lipinski definition) is 5. The van der Waals surface area contributed by atoms with Crippen LogP contribution in [-0.2, 0) is 4.79 Å². The number of carbonyl (C=O) groups excluding carboxylic acids is 1. The topological polar surface area (TPSA) is 113 Å². The van der Waals surface area contributed by atoms with Gasteiger partial charge in [-0.05, 0) is 12.8 Å².